The molecule has 42 heavy (non-hydrogen) atoms. The van der Waals surface area contributed by atoms with Crippen molar-refractivity contribution < 1.29 is 22.4 Å². The molecule has 0 aliphatic rings. The van der Waals surface area contributed by atoms with E-state index >= 15 is 0 Å². The smallest absolute Gasteiger partial charge is 0.264 e. The molecule has 0 aliphatic carbocycles. The van der Waals surface area contributed by atoms with Crippen molar-refractivity contribution in [1.29, 1.82) is 0 Å². The molecule has 0 bridgehead atoms. The predicted octanol–water partition coefficient (Wildman–Crippen LogP) is 5.02. The van der Waals surface area contributed by atoms with Gasteiger partial charge in [0.1, 0.15) is 18.4 Å². The van der Waals surface area contributed by atoms with Crippen LogP contribution in [0.1, 0.15) is 22.3 Å². The average molecular weight is 588 g/mol. The van der Waals surface area contributed by atoms with Crippen molar-refractivity contribution in [3.05, 3.63) is 131 Å². The van der Waals surface area contributed by atoms with Gasteiger partial charge in [0.15, 0.2) is 0 Å². The molecule has 9 heteroatoms. The topological polar surface area (TPSA) is 86.8 Å². The van der Waals surface area contributed by atoms with Crippen LogP contribution in [0.2, 0.25) is 0 Å². The number of benzene rings is 4. The van der Waals surface area contributed by atoms with Crippen LogP contribution in [0.25, 0.3) is 0 Å². The molecule has 1 atom stereocenters. The lowest BCUT2D eigenvalue weighted by atomic mass is 10.0. The van der Waals surface area contributed by atoms with E-state index in [4.69, 9.17) is 0 Å². The molecule has 4 aromatic carbocycles. The lowest BCUT2D eigenvalue weighted by molar-refractivity contribution is -0.139. The summed E-state index contributed by atoms with van der Waals surface area (Å²) in [6.45, 7) is 2.94. The summed E-state index contributed by atoms with van der Waals surface area (Å²) >= 11 is 0. The van der Waals surface area contributed by atoms with E-state index in [-0.39, 0.29) is 23.4 Å². The number of likely N-dealkylation sites (N-methyl/N-ethyl adjacent to an activating group) is 1. The zero-order valence-corrected chi connectivity index (χ0v) is 24.6. The number of anilines is 1. The van der Waals surface area contributed by atoms with Crippen LogP contribution in [-0.4, -0.2) is 44.8 Å². The first-order valence-corrected chi connectivity index (χ1v) is 15.0. The van der Waals surface area contributed by atoms with Gasteiger partial charge in [-0.3, -0.25) is 13.9 Å². The summed E-state index contributed by atoms with van der Waals surface area (Å²) < 4.78 is 43.8. The van der Waals surface area contributed by atoms with E-state index in [1.165, 1.54) is 30.1 Å². The van der Waals surface area contributed by atoms with Gasteiger partial charge in [-0.25, -0.2) is 12.8 Å². The minimum Gasteiger partial charge on any atom is -0.357 e. The minimum absolute atomic E-state index is 0.0174. The quantitative estimate of drug-likeness (QED) is 0.267. The van der Waals surface area contributed by atoms with Crippen molar-refractivity contribution in [2.45, 2.75) is 37.8 Å². The molecule has 0 fully saturated rings. The predicted molar refractivity (Wildman–Crippen MR) is 162 cm³/mol. The van der Waals surface area contributed by atoms with Gasteiger partial charge in [0.2, 0.25) is 11.8 Å². The van der Waals surface area contributed by atoms with Gasteiger partial charge in [-0.15, -0.1) is 0 Å². The molecule has 4 aromatic rings. The molecule has 0 aromatic heterocycles. The lowest BCUT2D eigenvalue weighted by Crippen LogP contribution is -2.53. The average Bonchev–Trinajstić information content (AvgIpc) is 3.00. The number of halogens is 1. The fraction of sp³-hybridized carbons (Fsp3) is 0.212. The molecule has 2 amide bonds. The molecule has 0 radical (unpaired) electrons. The number of nitrogens with one attached hydrogen (secondary N) is 1. The summed E-state index contributed by atoms with van der Waals surface area (Å²) in [6, 6.07) is 27.2. The fourth-order valence-electron chi connectivity index (χ4n) is 4.66. The molecule has 1 N–H and O–H groups in total. The Kier molecular flexibility index (Phi) is 9.75. The van der Waals surface area contributed by atoms with Crippen LogP contribution in [0.5, 0.6) is 0 Å². The number of rotatable bonds is 11. The molecule has 0 saturated heterocycles. The van der Waals surface area contributed by atoms with E-state index < -0.39 is 40.2 Å². The lowest BCUT2D eigenvalue weighted by Gasteiger charge is -2.33. The highest BCUT2D eigenvalue weighted by molar-refractivity contribution is 7.92. The highest BCUT2D eigenvalue weighted by Crippen LogP contribution is 2.27. The van der Waals surface area contributed by atoms with Crippen LogP contribution in [0.4, 0.5) is 10.1 Å². The summed E-state index contributed by atoms with van der Waals surface area (Å²) in [5.74, 6) is -1.64. The van der Waals surface area contributed by atoms with Crippen LogP contribution in [0.15, 0.2) is 108 Å². The molecule has 218 valence electrons. The van der Waals surface area contributed by atoms with E-state index in [1.54, 1.807) is 54.6 Å². The fourth-order valence-corrected chi connectivity index (χ4v) is 6.09. The van der Waals surface area contributed by atoms with Gasteiger partial charge in [-0.05, 0) is 60.9 Å². The zero-order valence-electron chi connectivity index (χ0n) is 23.8. The third kappa shape index (κ3) is 7.03. The Labute approximate surface area is 246 Å². The molecule has 0 aliphatic heterocycles. The number of hydrogen-bond donors (Lipinski definition) is 1. The van der Waals surface area contributed by atoms with E-state index in [9.17, 15) is 22.4 Å². The summed E-state index contributed by atoms with van der Waals surface area (Å²) in [5, 5.41) is 2.62. The van der Waals surface area contributed by atoms with Crippen molar-refractivity contribution >= 4 is 27.5 Å². The summed E-state index contributed by atoms with van der Waals surface area (Å²) in [7, 11) is -2.73. The maximum atomic E-state index is 14.9. The van der Waals surface area contributed by atoms with Crippen molar-refractivity contribution in [2.75, 3.05) is 17.9 Å². The maximum Gasteiger partial charge on any atom is 0.264 e. The van der Waals surface area contributed by atoms with Crippen LogP contribution < -0.4 is 9.62 Å². The monoisotopic (exact) mass is 587 g/mol. The van der Waals surface area contributed by atoms with Crippen molar-refractivity contribution in [3.8, 4) is 0 Å². The molecule has 0 heterocycles. The van der Waals surface area contributed by atoms with E-state index in [0.717, 1.165) is 21.0 Å². The first-order valence-electron chi connectivity index (χ1n) is 13.5. The number of sulfonamides is 1. The number of amides is 2. The van der Waals surface area contributed by atoms with Crippen LogP contribution in [-0.2, 0) is 32.6 Å². The van der Waals surface area contributed by atoms with Gasteiger partial charge in [0.05, 0.1) is 10.6 Å². The second-order valence-electron chi connectivity index (χ2n) is 10.0. The summed E-state index contributed by atoms with van der Waals surface area (Å²) in [5.41, 5.74) is 3.12. The van der Waals surface area contributed by atoms with Gasteiger partial charge in [-0.2, -0.15) is 0 Å². The highest BCUT2D eigenvalue weighted by atomic mass is 32.2. The molecule has 0 saturated carbocycles. The normalized spacial score (nSPS) is 11.9. The molecule has 0 unspecified atom stereocenters. The van der Waals surface area contributed by atoms with Gasteiger partial charge < -0.3 is 10.2 Å². The Morgan fingerprint density at radius 1 is 0.833 bits per heavy atom. The number of carbonyl (C=O) groups is 2. The molecular weight excluding hydrogens is 553 g/mol. The zero-order chi connectivity index (χ0) is 30.3. The van der Waals surface area contributed by atoms with Gasteiger partial charge in [0, 0.05) is 25.6 Å². The summed E-state index contributed by atoms with van der Waals surface area (Å²) in [6.07, 6.45) is 0.149. The Bertz CT molecular complexity index is 1650. The molecule has 0 spiro atoms. The Morgan fingerprint density at radius 3 is 2.07 bits per heavy atom. The van der Waals surface area contributed by atoms with Crippen molar-refractivity contribution in [3.63, 3.8) is 0 Å². The first kappa shape index (κ1) is 30.5. The third-order valence-electron chi connectivity index (χ3n) is 7.20. The van der Waals surface area contributed by atoms with Crippen LogP contribution in [0.3, 0.4) is 0 Å². The SMILES string of the molecule is CNC(=O)[C@@H](Cc1ccccc1)N(Cc1ccccc1F)C(=O)CN(c1ccc(C)c(C)c1)S(=O)(=O)c1ccccc1. The Balaban J connectivity index is 1.81. The number of aryl methyl sites for hydroxylation is 2. The largest absolute Gasteiger partial charge is 0.357 e. The van der Waals surface area contributed by atoms with Crippen LogP contribution >= 0.6 is 0 Å². The standard InChI is InChI=1S/C33H34FN3O4S/c1-24-18-19-28(20-25(24)2)37(42(40,41)29-15-8-5-9-16-29)23-32(38)36(22-27-14-10-11-17-30(27)34)31(33(39)35-3)21-26-12-6-4-7-13-26/h4-20,31H,21-23H2,1-3H3,(H,35,39)/t31-/m1/s1. The Morgan fingerprint density at radius 2 is 1.45 bits per heavy atom. The van der Waals surface area contributed by atoms with Crippen molar-refractivity contribution in [2.24, 2.45) is 0 Å². The Hall–Kier alpha value is -4.50. The van der Waals surface area contributed by atoms with Crippen LogP contribution in [0, 0.1) is 19.7 Å². The highest BCUT2D eigenvalue weighted by Gasteiger charge is 2.34. The van der Waals surface area contributed by atoms with Gasteiger partial charge in [-0.1, -0.05) is 72.8 Å². The van der Waals surface area contributed by atoms with E-state index in [2.05, 4.69) is 5.32 Å². The number of carbonyl (C=O) groups excluding carboxylic acids is 2. The van der Waals surface area contributed by atoms with Gasteiger partial charge in [0.25, 0.3) is 10.0 Å². The second kappa shape index (κ2) is 13.4. The molecular formula is C33H34FN3O4S. The summed E-state index contributed by atoms with van der Waals surface area (Å²) in [4.78, 5) is 28.8. The van der Waals surface area contributed by atoms with Gasteiger partial charge >= 0.3 is 0 Å². The van der Waals surface area contributed by atoms with E-state index in [1.807, 2.05) is 44.2 Å². The minimum atomic E-state index is -4.19. The number of hydrogen-bond acceptors (Lipinski definition) is 4. The third-order valence-corrected chi connectivity index (χ3v) is 8.99. The molecule has 7 nitrogen and oxygen atoms in total. The van der Waals surface area contributed by atoms with Crippen molar-refractivity contribution in [1.82, 2.24) is 10.2 Å². The van der Waals surface area contributed by atoms with E-state index in [0.29, 0.717) is 5.69 Å². The maximum absolute atomic E-state index is 14.9. The second-order valence-corrected chi connectivity index (χ2v) is 11.9. The first-order chi connectivity index (χ1) is 20.1. The molecule has 4 rings (SSSR count). The number of nitrogens with zero attached hydrogens (tertiary/aromatic N) is 2.